The lowest BCUT2D eigenvalue weighted by Crippen LogP contribution is -2.55. The summed E-state index contributed by atoms with van der Waals surface area (Å²) in [5.74, 6) is -2.10. The molecule has 11 heteroatoms. The fourth-order valence-corrected chi connectivity index (χ4v) is 9.88. The van der Waals surface area contributed by atoms with Gasteiger partial charge in [0, 0.05) is 12.8 Å². The van der Waals surface area contributed by atoms with E-state index in [1.165, 1.54) is 128 Å². The average molecular weight is 965 g/mol. The Balaban J connectivity index is 1.53. The van der Waals surface area contributed by atoms with Gasteiger partial charge in [0.25, 0.3) is 0 Å². The summed E-state index contributed by atoms with van der Waals surface area (Å²) < 4.78 is 22.8. The van der Waals surface area contributed by atoms with Crippen LogP contribution in [0.2, 0.25) is 0 Å². The molecule has 0 bridgehead atoms. The normalized spacial score (nSPS) is 17.2. The van der Waals surface area contributed by atoms with Crippen molar-refractivity contribution in [1.29, 1.82) is 0 Å². The lowest BCUT2D eigenvalue weighted by atomic mass is 10.0. The molecular weight excluding hydrogens is 869 g/mol. The molecule has 1 aromatic carbocycles. The highest BCUT2D eigenvalue weighted by atomic mass is 16.6. The second kappa shape index (κ2) is 38.0. The zero-order chi connectivity index (χ0) is 49.7. The Labute approximate surface area is 418 Å². The van der Waals surface area contributed by atoms with Gasteiger partial charge >= 0.3 is 23.9 Å². The first kappa shape index (κ1) is 59.6. The van der Waals surface area contributed by atoms with Gasteiger partial charge in [-0.05, 0) is 63.9 Å². The monoisotopic (exact) mass is 965 g/mol. The number of aryl methyl sites for hydroxylation is 1. The smallest absolute Gasteiger partial charge is 0.329 e. The molecule has 69 heavy (non-hydrogen) atoms. The Hall–Kier alpha value is -3.73. The molecular formula is C58H96N2O9. The Morgan fingerprint density at radius 2 is 1.09 bits per heavy atom. The number of fused-ring (bicyclic) bond motifs is 1. The van der Waals surface area contributed by atoms with E-state index in [9.17, 15) is 24.0 Å². The van der Waals surface area contributed by atoms with Crippen molar-refractivity contribution in [3.8, 4) is 0 Å². The van der Waals surface area contributed by atoms with Gasteiger partial charge in [0.15, 0.2) is 6.10 Å². The number of hydrogen-bond donors (Lipinski definition) is 1. The van der Waals surface area contributed by atoms with Crippen molar-refractivity contribution in [1.82, 2.24) is 10.2 Å². The average Bonchev–Trinajstić information content (AvgIpc) is 3.96. The minimum Gasteiger partial charge on any atom is -0.465 e. The fraction of sp³-hybridized carbons (Fsp3) is 0.776. The Kier molecular flexibility index (Phi) is 32.8. The molecule has 1 saturated heterocycles. The molecule has 0 unspecified atom stereocenters. The Morgan fingerprint density at radius 3 is 1.55 bits per heavy atom. The molecule has 1 amide bonds. The van der Waals surface area contributed by atoms with Crippen molar-refractivity contribution in [2.24, 2.45) is 5.92 Å². The van der Waals surface area contributed by atoms with Crippen molar-refractivity contribution in [3.05, 3.63) is 48.0 Å². The van der Waals surface area contributed by atoms with Crippen LogP contribution in [-0.4, -0.2) is 84.8 Å². The van der Waals surface area contributed by atoms with E-state index in [1.54, 1.807) is 18.7 Å². The molecule has 1 aliphatic carbocycles. The predicted molar refractivity (Wildman–Crippen MR) is 276 cm³/mol. The molecule has 1 fully saturated rings. The van der Waals surface area contributed by atoms with E-state index in [2.05, 4.69) is 19.2 Å². The third-order valence-corrected chi connectivity index (χ3v) is 14.0. The van der Waals surface area contributed by atoms with Crippen molar-refractivity contribution in [2.45, 2.75) is 263 Å². The second-order valence-corrected chi connectivity index (χ2v) is 20.0. The highest BCUT2D eigenvalue weighted by Gasteiger charge is 2.49. The third kappa shape index (κ3) is 25.8. The lowest BCUT2D eigenvalue weighted by molar-refractivity contribution is -0.171. The van der Waals surface area contributed by atoms with Gasteiger partial charge in [-0.2, -0.15) is 0 Å². The SMILES string of the molecule is CCCCCCCCCCCCCCCC(=O)OCC(COC(=O)CCCCCCCCCCCCCCC)OC(=O)[C@@H]1C[C@@H]2CC=C[C@H]2N1C(=O)[C@H](C)N[C@@H](CCc1ccccc1)C(=O)OCC. The maximum Gasteiger partial charge on any atom is 0.329 e. The van der Waals surface area contributed by atoms with Gasteiger partial charge in [0.05, 0.1) is 18.7 Å². The van der Waals surface area contributed by atoms with Crippen LogP contribution >= 0.6 is 0 Å². The van der Waals surface area contributed by atoms with Crippen LogP contribution in [-0.2, 0) is 49.3 Å². The Morgan fingerprint density at radius 1 is 0.623 bits per heavy atom. The topological polar surface area (TPSA) is 138 Å². The number of benzene rings is 1. The number of likely N-dealkylation sites (tertiary alicyclic amines) is 1. The number of carbonyl (C=O) groups is 5. The highest BCUT2D eigenvalue weighted by molar-refractivity contribution is 5.89. The number of rotatable bonds is 42. The summed E-state index contributed by atoms with van der Waals surface area (Å²) in [5, 5.41) is 3.23. The molecule has 11 nitrogen and oxygen atoms in total. The van der Waals surface area contributed by atoms with Crippen LogP contribution in [0.5, 0.6) is 0 Å². The summed E-state index contributed by atoms with van der Waals surface area (Å²) in [6.07, 6.45) is 37.1. The van der Waals surface area contributed by atoms with E-state index in [4.69, 9.17) is 18.9 Å². The molecule has 1 aliphatic heterocycles. The molecule has 392 valence electrons. The fourth-order valence-electron chi connectivity index (χ4n) is 9.88. The first-order valence-corrected chi connectivity index (χ1v) is 28.1. The molecule has 2 aliphatic rings. The van der Waals surface area contributed by atoms with Gasteiger partial charge < -0.3 is 23.8 Å². The summed E-state index contributed by atoms with van der Waals surface area (Å²) in [7, 11) is 0. The van der Waals surface area contributed by atoms with Crippen LogP contribution in [0.3, 0.4) is 0 Å². The number of esters is 4. The number of nitrogens with one attached hydrogen (secondary N) is 1. The number of allylic oxidation sites excluding steroid dienone is 1. The van der Waals surface area contributed by atoms with Crippen LogP contribution in [0.25, 0.3) is 0 Å². The molecule has 0 saturated carbocycles. The Bertz CT molecular complexity index is 1520. The second-order valence-electron chi connectivity index (χ2n) is 20.0. The van der Waals surface area contributed by atoms with Gasteiger partial charge in [0.2, 0.25) is 5.91 Å². The summed E-state index contributed by atoms with van der Waals surface area (Å²) in [5.41, 5.74) is 1.07. The van der Waals surface area contributed by atoms with Crippen LogP contribution in [0.1, 0.15) is 232 Å². The zero-order valence-corrected chi connectivity index (χ0v) is 43.9. The molecule has 1 N–H and O–H groups in total. The van der Waals surface area contributed by atoms with Gasteiger partial charge in [-0.25, -0.2) is 4.79 Å². The molecule has 1 aromatic rings. The van der Waals surface area contributed by atoms with Gasteiger partial charge in [-0.15, -0.1) is 0 Å². The van der Waals surface area contributed by atoms with E-state index in [0.717, 1.165) is 50.5 Å². The third-order valence-electron chi connectivity index (χ3n) is 14.0. The number of ether oxygens (including phenoxy) is 4. The van der Waals surface area contributed by atoms with Gasteiger partial charge in [-0.1, -0.05) is 210 Å². The number of nitrogens with zero attached hydrogens (tertiary/aromatic N) is 1. The molecule has 1 heterocycles. The van der Waals surface area contributed by atoms with Gasteiger partial charge in [-0.3, -0.25) is 24.5 Å². The maximum atomic E-state index is 14.4. The molecule has 0 aromatic heterocycles. The minimum atomic E-state index is -1.03. The van der Waals surface area contributed by atoms with Crippen molar-refractivity contribution >= 4 is 29.8 Å². The summed E-state index contributed by atoms with van der Waals surface area (Å²) in [4.78, 5) is 69.2. The van der Waals surface area contributed by atoms with Gasteiger partial charge in [0.1, 0.15) is 25.3 Å². The van der Waals surface area contributed by atoms with E-state index in [0.29, 0.717) is 19.3 Å². The summed E-state index contributed by atoms with van der Waals surface area (Å²) in [6.45, 7) is 7.68. The largest absolute Gasteiger partial charge is 0.465 e. The molecule has 0 radical (unpaired) electrons. The van der Waals surface area contributed by atoms with E-state index < -0.39 is 36.2 Å². The number of unbranched alkanes of at least 4 members (excludes halogenated alkanes) is 24. The number of hydrogen-bond acceptors (Lipinski definition) is 10. The van der Waals surface area contributed by atoms with Crippen LogP contribution in [0.4, 0.5) is 0 Å². The van der Waals surface area contributed by atoms with Crippen molar-refractivity contribution in [3.63, 3.8) is 0 Å². The highest BCUT2D eigenvalue weighted by Crippen LogP contribution is 2.38. The van der Waals surface area contributed by atoms with Crippen LogP contribution < -0.4 is 5.32 Å². The molecule has 5 atom stereocenters. The standard InChI is InChI=1S/C58H96N2O9/c1-5-8-10-12-14-16-18-20-22-24-26-28-33-40-54(61)67-45-50(46-68-55(62)41-34-29-27-25-23-21-19-17-15-13-11-9-6-2)69-58(65)53-44-49-38-35-39-52(49)60(53)56(63)47(4)59-51(57(64)66-7-3)43-42-48-36-31-30-32-37-48/h30-32,35-37,39,47,49-53,59H,5-29,33-34,38,40-46H2,1-4H3/t47-,49-,51-,52+,53-/m0/s1. The predicted octanol–water partition coefficient (Wildman–Crippen LogP) is 13.0. The number of amides is 1. The first-order chi connectivity index (χ1) is 33.7. The first-order valence-electron chi connectivity index (χ1n) is 28.1. The van der Waals surface area contributed by atoms with E-state index in [-0.39, 0.29) is 62.5 Å². The molecule has 0 spiro atoms. The maximum absolute atomic E-state index is 14.4. The minimum absolute atomic E-state index is 0.0346. The summed E-state index contributed by atoms with van der Waals surface area (Å²) >= 11 is 0. The van der Waals surface area contributed by atoms with Crippen molar-refractivity contribution < 1.29 is 42.9 Å². The lowest BCUT2D eigenvalue weighted by Gasteiger charge is -2.32. The zero-order valence-electron chi connectivity index (χ0n) is 43.9. The molecule has 3 rings (SSSR count). The van der Waals surface area contributed by atoms with Crippen LogP contribution in [0.15, 0.2) is 42.5 Å². The quantitative estimate of drug-likeness (QED) is 0.0292. The van der Waals surface area contributed by atoms with E-state index in [1.807, 2.05) is 42.5 Å². The van der Waals surface area contributed by atoms with E-state index >= 15 is 0 Å². The van der Waals surface area contributed by atoms with Crippen LogP contribution in [0, 0.1) is 5.92 Å². The number of carbonyl (C=O) groups excluding carboxylic acids is 5. The van der Waals surface area contributed by atoms with Crippen molar-refractivity contribution in [2.75, 3.05) is 19.8 Å². The summed E-state index contributed by atoms with van der Waals surface area (Å²) in [6, 6.07) is 7.08.